The topological polar surface area (TPSA) is 51.9 Å². The second-order valence-corrected chi connectivity index (χ2v) is 6.30. The van der Waals surface area contributed by atoms with Gasteiger partial charge in [-0.25, -0.2) is 4.79 Å². The maximum absolute atomic E-state index is 11.9. The first-order valence-electron chi connectivity index (χ1n) is 8.54. The van der Waals surface area contributed by atoms with Crippen molar-refractivity contribution >= 4 is 11.0 Å². The highest BCUT2D eigenvalue weighted by Gasteiger charge is 2.10. The Hall–Kier alpha value is -2.79. The third kappa shape index (κ3) is 4.24. The summed E-state index contributed by atoms with van der Waals surface area (Å²) in [4.78, 5) is 14.0. The number of fused-ring (bicyclic) bond motifs is 1. The molecule has 0 spiro atoms. The van der Waals surface area contributed by atoms with Gasteiger partial charge in [0.05, 0.1) is 7.11 Å². The number of methoxy groups -OCH3 is 1. The summed E-state index contributed by atoms with van der Waals surface area (Å²) in [5.41, 5.74) is 2.23. The molecule has 0 N–H and O–H groups in total. The lowest BCUT2D eigenvalue weighted by molar-refractivity contribution is 0.232. The number of rotatable bonds is 7. The monoisotopic (exact) mass is 353 g/mol. The normalized spacial score (nSPS) is 11.1. The molecule has 0 aliphatic heterocycles. The molecule has 1 heterocycles. The fourth-order valence-electron chi connectivity index (χ4n) is 2.87. The maximum Gasteiger partial charge on any atom is 0.336 e. The van der Waals surface area contributed by atoms with Gasteiger partial charge in [-0.1, -0.05) is 18.2 Å². The van der Waals surface area contributed by atoms with Gasteiger partial charge in [-0.05, 0) is 43.3 Å². The van der Waals surface area contributed by atoms with E-state index in [-0.39, 0.29) is 5.63 Å². The highest BCUT2D eigenvalue weighted by atomic mass is 16.5. The average Bonchev–Trinajstić information content (AvgIpc) is 2.62. The number of aryl methyl sites for hydroxylation is 1. The van der Waals surface area contributed by atoms with E-state index in [4.69, 9.17) is 13.9 Å². The van der Waals surface area contributed by atoms with Crippen molar-refractivity contribution in [3.63, 3.8) is 0 Å². The zero-order valence-electron chi connectivity index (χ0n) is 15.3. The van der Waals surface area contributed by atoms with Crippen molar-refractivity contribution in [3.05, 3.63) is 70.1 Å². The summed E-state index contributed by atoms with van der Waals surface area (Å²) in [7, 11) is 3.59. The molecule has 0 fully saturated rings. The summed E-state index contributed by atoms with van der Waals surface area (Å²) in [6, 6.07) is 15.0. The number of likely N-dealkylation sites (N-methyl/N-ethyl adjacent to an activating group) is 1. The molecule has 5 heteroatoms. The Balaban J connectivity index is 1.68. The number of para-hydroxylation sites is 1. The first-order valence-corrected chi connectivity index (χ1v) is 8.54. The van der Waals surface area contributed by atoms with E-state index in [2.05, 4.69) is 4.90 Å². The summed E-state index contributed by atoms with van der Waals surface area (Å²) in [6.07, 6.45) is 0. The highest BCUT2D eigenvalue weighted by molar-refractivity contribution is 5.81. The minimum Gasteiger partial charge on any atom is -0.497 e. The Kier molecular flexibility index (Phi) is 5.58. The molecule has 0 saturated carbocycles. The van der Waals surface area contributed by atoms with Gasteiger partial charge in [-0.2, -0.15) is 0 Å². The lowest BCUT2D eigenvalue weighted by atomic mass is 10.1. The van der Waals surface area contributed by atoms with Gasteiger partial charge in [0.25, 0.3) is 0 Å². The molecular formula is C21H23NO4. The van der Waals surface area contributed by atoms with Crippen LogP contribution in [0.4, 0.5) is 0 Å². The Labute approximate surface area is 152 Å². The van der Waals surface area contributed by atoms with E-state index < -0.39 is 0 Å². The quantitative estimate of drug-likeness (QED) is 0.607. The first kappa shape index (κ1) is 18.0. The summed E-state index contributed by atoms with van der Waals surface area (Å²) in [5.74, 6) is 1.57. The van der Waals surface area contributed by atoms with Gasteiger partial charge in [-0.15, -0.1) is 0 Å². The molecule has 3 rings (SSSR count). The molecule has 136 valence electrons. The molecule has 0 amide bonds. The second kappa shape index (κ2) is 8.06. The van der Waals surface area contributed by atoms with Crippen molar-refractivity contribution in [3.8, 4) is 11.5 Å². The Bertz CT molecular complexity index is 948. The van der Waals surface area contributed by atoms with Crippen molar-refractivity contribution in [2.75, 3.05) is 27.3 Å². The third-order valence-electron chi connectivity index (χ3n) is 4.30. The number of benzene rings is 2. The van der Waals surface area contributed by atoms with E-state index in [1.54, 1.807) is 19.2 Å². The number of nitrogens with zero attached hydrogens (tertiary/aromatic N) is 1. The molecule has 0 radical (unpaired) electrons. The van der Waals surface area contributed by atoms with Gasteiger partial charge in [0, 0.05) is 30.6 Å². The highest BCUT2D eigenvalue weighted by Crippen LogP contribution is 2.23. The van der Waals surface area contributed by atoms with Crippen LogP contribution in [0.3, 0.4) is 0 Å². The molecular weight excluding hydrogens is 330 g/mol. The third-order valence-corrected chi connectivity index (χ3v) is 4.30. The summed E-state index contributed by atoms with van der Waals surface area (Å²) in [5, 5.41) is 0.914. The van der Waals surface area contributed by atoms with Crippen molar-refractivity contribution in [2.45, 2.75) is 13.5 Å². The van der Waals surface area contributed by atoms with Crippen LogP contribution in [-0.4, -0.2) is 32.2 Å². The standard InChI is InChI=1S/C21H23NO4/c1-15-6-4-5-7-19(15)25-11-10-22(2)14-16-12-21(23)26-20-13-17(24-3)8-9-18(16)20/h4-9,12-13H,10-11,14H2,1-3H3. The Morgan fingerprint density at radius 3 is 2.69 bits per heavy atom. The number of ether oxygens (including phenoxy) is 2. The van der Waals surface area contributed by atoms with Crippen LogP contribution in [0.15, 0.2) is 57.7 Å². The molecule has 0 atom stereocenters. The predicted molar refractivity (Wildman–Crippen MR) is 102 cm³/mol. The van der Waals surface area contributed by atoms with E-state index in [1.807, 2.05) is 50.4 Å². The van der Waals surface area contributed by atoms with Crippen LogP contribution in [0, 0.1) is 6.92 Å². The molecule has 26 heavy (non-hydrogen) atoms. The van der Waals surface area contributed by atoms with Gasteiger partial charge < -0.3 is 13.9 Å². The van der Waals surface area contributed by atoms with E-state index in [9.17, 15) is 4.79 Å². The van der Waals surface area contributed by atoms with E-state index >= 15 is 0 Å². The van der Waals surface area contributed by atoms with E-state index in [1.165, 1.54) is 0 Å². The summed E-state index contributed by atoms with van der Waals surface area (Å²) < 4.78 is 16.3. The smallest absolute Gasteiger partial charge is 0.336 e. The van der Waals surface area contributed by atoms with Gasteiger partial charge in [0.2, 0.25) is 0 Å². The second-order valence-electron chi connectivity index (χ2n) is 6.30. The lowest BCUT2D eigenvalue weighted by Gasteiger charge is -2.18. The number of hydrogen-bond donors (Lipinski definition) is 0. The van der Waals surface area contributed by atoms with Crippen molar-refractivity contribution in [2.24, 2.45) is 0 Å². The molecule has 0 aliphatic rings. The molecule has 0 bridgehead atoms. The van der Waals surface area contributed by atoms with Gasteiger partial charge in [-0.3, -0.25) is 4.90 Å². The molecule has 3 aromatic rings. The largest absolute Gasteiger partial charge is 0.497 e. The van der Waals surface area contributed by atoms with E-state index in [0.717, 1.165) is 28.8 Å². The van der Waals surface area contributed by atoms with Crippen LogP contribution in [0.5, 0.6) is 11.5 Å². The molecule has 0 saturated heterocycles. The van der Waals surface area contributed by atoms with Crippen LogP contribution in [0.2, 0.25) is 0 Å². The average molecular weight is 353 g/mol. The molecule has 1 aromatic heterocycles. The molecule has 5 nitrogen and oxygen atoms in total. The van der Waals surface area contributed by atoms with E-state index in [0.29, 0.717) is 24.5 Å². The van der Waals surface area contributed by atoms with Crippen molar-refractivity contribution in [1.29, 1.82) is 0 Å². The van der Waals surface area contributed by atoms with Crippen LogP contribution >= 0.6 is 0 Å². The zero-order chi connectivity index (χ0) is 18.5. The van der Waals surface area contributed by atoms with Crippen LogP contribution < -0.4 is 15.1 Å². The minimum atomic E-state index is -0.356. The van der Waals surface area contributed by atoms with Crippen LogP contribution in [0.25, 0.3) is 11.0 Å². The zero-order valence-corrected chi connectivity index (χ0v) is 15.3. The summed E-state index contributed by atoms with van der Waals surface area (Å²) >= 11 is 0. The van der Waals surface area contributed by atoms with Crippen LogP contribution in [0.1, 0.15) is 11.1 Å². The van der Waals surface area contributed by atoms with Gasteiger partial charge >= 0.3 is 5.63 Å². The SMILES string of the molecule is COc1ccc2c(CN(C)CCOc3ccccc3C)cc(=O)oc2c1. The molecule has 2 aromatic carbocycles. The number of hydrogen-bond acceptors (Lipinski definition) is 5. The van der Waals surface area contributed by atoms with Crippen molar-refractivity contribution in [1.82, 2.24) is 4.90 Å². The fraction of sp³-hybridized carbons (Fsp3) is 0.286. The van der Waals surface area contributed by atoms with Crippen LogP contribution in [-0.2, 0) is 6.54 Å². The Morgan fingerprint density at radius 1 is 1.12 bits per heavy atom. The molecule has 0 aliphatic carbocycles. The summed E-state index contributed by atoms with van der Waals surface area (Å²) in [6.45, 7) is 3.98. The first-order chi connectivity index (χ1) is 12.6. The molecule has 0 unspecified atom stereocenters. The van der Waals surface area contributed by atoms with Gasteiger partial charge in [0.1, 0.15) is 23.7 Å². The minimum absolute atomic E-state index is 0.356. The lowest BCUT2D eigenvalue weighted by Crippen LogP contribution is -2.24. The predicted octanol–water partition coefficient (Wildman–Crippen LogP) is 3.62. The fourth-order valence-corrected chi connectivity index (χ4v) is 2.87. The van der Waals surface area contributed by atoms with Crippen molar-refractivity contribution < 1.29 is 13.9 Å². The Morgan fingerprint density at radius 2 is 1.92 bits per heavy atom. The van der Waals surface area contributed by atoms with Gasteiger partial charge in [0.15, 0.2) is 0 Å². The maximum atomic E-state index is 11.9.